The van der Waals surface area contributed by atoms with Crippen LogP contribution in [0.5, 0.6) is 0 Å². The highest BCUT2D eigenvalue weighted by Crippen LogP contribution is 2.14. The largest absolute Gasteiger partial charge is 1.00 e. The molecule has 1 N–H and O–H groups in total. The maximum absolute atomic E-state index is 12.6. The molecule has 0 aliphatic heterocycles. The summed E-state index contributed by atoms with van der Waals surface area (Å²) in [6.45, 7) is 7.76. The number of rotatable bonds is 25. The second-order valence-corrected chi connectivity index (χ2v) is 11.1. The third-order valence-electron chi connectivity index (χ3n) is 7.07. The van der Waals surface area contributed by atoms with Gasteiger partial charge in [-0.15, -0.1) is 0 Å². The van der Waals surface area contributed by atoms with Crippen LogP contribution in [0.1, 0.15) is 130 Å². The van der Waals surface area contributed by atoms with Crippen molar-refractivity contribution >= 4 is 17.4 Å². The minimum absolute atomic E-state index is 0. The van der Waals surface area contributed by atoms with Crippen LogP contribution in [0.3, 0.4) is 0 Å². The summed E-state index contributed by atoms with van der Waals surface area (Å²) in [5, 5.41) is 5.11. The molecular weight excluding hydrogens is 611 g/mol. The molecule has 0 spiro atoms. The van der Waals surface area contributed by atoms with Crippen LogP contribution in [0.2, 0.25) is 0 Å². The zero-order valence-electron chi connectivity index (χ0n) is 24.8. The summed E-state index contributed by atoms with van der Waals surface area (Å²) in [7, 11) is 1.61. The van der Waals surface area contributed by atoms with E-state index >= 15 is 0 Å². The van der Waals surface area contributed by atoms with Crippen LogP contribution >= 0.6 is 11.3 Å². The lowest BCUT2D eigenvalue weighted by Gasteiger charge is -2.25. The first-order valence-electron chi connectivity index (χ1n) is 15.1. The average molecular weight is 669 g/mol. The lowest BCUT2D eigenvalue weighted by molar-refractivity contribution is -0.692. The Balaban J connectivity index is 0.0000137. The molecule has 0 saturated carbocycles. The van der Waals surface area contributed by atoms with Gasteiger partial charge in [0, 0.05) is 19.6 Å². The minimum Gasteiger partial charge on any atom is -1.00 e. The number of unbranched alkanes of at least 4 members (excludes halogenated alkanes) is 13. The van der Waals surface area contributed by atoms with E-state index in [1.165, 1.54) is 77.0 Å². The number of thiazole rings is 1. The number of nitrogens with zero attached hydrogens (tertiary/aromatic N) is 1. The molecule has 0 fully saturated rings. The topological polar surface area (TPSA) is 60.7 Å². The van der Waals surface area contributed by atoms with E-state index in [1.807, 2.05) is 6.92 Å². The molecule has 0 bridgehead atoms. The summed E-state index contributed by atoms with van der Waals surface area (Å²) in [5.41, 5.74) is 2.10. The van der Waals surface area contributed by atoms with E-state index in [-0.39, 0.29) is 36.1 Å². The van der Waals surface area contributed by atoms with Crippen LogP contribution in [-0.4, -0.2) is 38.2 Å². The minimum atomic E-state index is -0.701. The lowest BCUT2D eigenvalue weighted by Crippen LogP contribution is -3.00. The van der Waals surface area contributed by atoms with Crippen molar-refractivity contribution in [1.82, 2.24) is 5.32 Å². The van der Waals surface area contributed by atoms with Crippen LogP contribution in [0.25, 0.3) is 0 Å². The van der Waals surface area contributed by atoms with E-state index in [2.05, 4.69) is 40.8 Å². The number of amides is 1. The fourth-order valence-corrected chi connectivity index (χ4v) is 5.08. The van der Waals surface area contributed by atoms with Crippen LogP contribution in [-0.2, 0) is 20.8 Å². The molecule has 1 amide bonds. The Morgan fingerprint density at radius 2 is 1.50 bits per heavy atom. The van der Waals surface area contributed by atoms with Gasteiger partial charge in [0.05, 0.1) is 12.0 Å². The maximum Gasteiger partial charge on any atom is 0.409 e. The number of carbonyl (C=O) groups excluding carboxylic acids is 1. The predicted molar refractivity (Wildman–Crippen MR) is 154 cm³/mol. The molecule has 38 heavy (non-hydrogen) atoms. The number of methoxy groups -OCH3 is 1. The van der Waals surface area contributed by atoms with Crippen molar-refractivity contribution in [3.05, 3.63) is 17.1 Å². The van der Waals surface area contributed by atoms with Crippen molar-refractivity contribution in [3.63, 3.8) is 0 Å². The van der Waals surface area contributed by atoms with Crippen molar-refractivity contribution < 1.29 is 47.5 Å². The first-order chi connectivity index (χ1) is 18.1. The fraction of sp³-hybridized carbons (Fsp3) is 0.867. The first kappa shape index (κ1) is 37.6. The highest BCUT2D eigenvalue weighted by Gasteiger charge is 2.23. The smallest absolute Gasteiger partial charge is 0.409 e. The third-order valence-corrected chi connectivity index (χ3v) is 7.74. The van der Waals surface area contributed by atoms with E-state index in [1.54, 1.807) is 18.4 Å². The molecule has 1 rings (SSSR count). The number of aryl methyl sites for hydroxylation is 1. The van der Waals surface area contributed by atoms with Crippen LogP contribution < -0.4 is 33.9 Å². The summed E-state index contributed by atoms with van der Waals surface area (Å²) in [5.74, 6) is 0. The van der Waals surface area contributed by atoms with Crippen molar-refractivity contribution in [1.29, 1.82) is 0 Å². The number of alkyl carbamates (subject to hydrolysis) is 1. The van der Waals surface area contributed by atoms with E-state index in [9.17, 15) is 4.79 Å². The van der Waals surface area contributed by atoms with E-state index in [0.29, 0.717) is 6.61 Å². The van der Waals surface area contributed by atoms with Gasteiger partial charge in [-0.2, -0.15) is 4.57 Å². The summed E-state index contributed by atoms with van der Waals surface area (Å²) < 4.78 is 19.0. The van der Waals surface area contributed by atoms with Gasteiger partial charge in [0.25, 0.3) is 0 Å². The van der Waals surface area contributed by atoms with Crippen LogP contribution in [0, 0.1) is 0 Å². The molecule has 0 aliphatic rings. The number of hydrogen-bond acceptors (Lipinski definition) is 5. The summed E-state index contributed by atoms with van der Waals surface area (Å²) in [6.07, 6.45) is 22.0. The molecule has 1 aromatic rings. The Bertz CT molecular complexity index is 636. The summed E-state index contributed by atoms with van der Waals surface area (Å²) in [4.78, 5) is 12.6. The second-order valence-electron chi connectivity index (χ2n) is 10.3. The molecule has 3 atom stereocenters. The Morgan fingerprint density at radius 3 is 2.03 bits per heavy atom. The SMILES string of the molecule is CCCCCCCCCCCCCCCC(CC)NC(=O)OC(OCCCC[n+]1ccsc1)C(C)OC.[I-]. The molecule has 0 radical (unpaired) electrons. The van der Waals surface area contributed by atoms with Crippen molar-refractivity contribution in [2.75, 3.05) is 13.7 Å². The monoisotopic (exact) mass is 668 g/mol. The summed E-state index contributed by atoms with van der Waals surface area (Å²) in [6, 6.07) is 0.140. The standard InChI is InChI=1S/C30H56N2O4S.HI/c1-5-7-8-9-10-11-12-13-14-15-16-17-18-21-28(6-2)31-30(33)36-29(27(3)34-4)35-24-20-19-22-32-23-25-37-26-32;/h23,25-29H,5-22,24H2,1-4H3;1H. The van der Waals surface area contributed by atoms with Crippen molar-refractivity contribution in [2.45, 2.75) is 155 Å². The maximum atomic E-state index is 12.6. The van der Waals surface area contributed by atoms with Crippen molar-refractivity contribution in [3.8, 4) is 0 Å². The molecule has 1 heterocycles. The normalized spacial score (nSPS) is 13.5. The molecule has 6 nitrogen and oxygen atoms in total. The van der Waals surface area contributed by atoms with Crippen LogP contribution in [0.4, 0.5) is 4.79 Å². The molecule has 1 aromatic heterocycles. The van der Waals surface area contributed by atoms with Gasteiger partial charge < -0.3 is 43.5 Å². The van der Waals surface area contributed by atoms with Gasteiger partial charge in [-0.3, -0.25) is 0 Å². The van der Waals surface area contributed by atoms with Gasteiger partial charge in [0.1, 0.15) is 12.6 Å². The molecule has 8 heteroatoms. The second kappa shape index (κ2) is 26.8. The zero-order valence-corrected chi connectivity index (χ0v) is 27.7. The van der Waals surface area contributed by atoms with E-state index in [0.717, 1.165) is 38.6 Å². The first-order valence-corrected chi connectivity index (χ1v) is 16.1. The molecule has 224 valence electrons. The van der Waals surface area contributed by atoms with Gasteiger partial charge in [0.2, 0.25) is 11.8 Å². The predicted octanol–water partition coefficient (Wildman–Crippen LogP) is 5.18. The Labute approximate surface area is 255 Å². The molecule has 0 aliphatic carbocycles. The van der Waals surface area contributed by atoms with Gasteiger partial charge >= 0.3 is 6.09 Å². The molecule has 3 unspecified atom stereocenters. The highest BCUT2D eigenvalue weighted by molar-refractivity contribution is 7.07. The number of ether oxygens (including phenoxy) is 3. The molecular formula is C30H57IN2O4S. The number of aromatic nitrogens is 1. The zero-order chi connectivity index (χ0) is 27.0. The van der Waals surface area contributed by atoms with Gasteiger partial charge in [-0.25, -0.2) is 4.79 Å². The van der Waals surface area contributed by atoms with Gasteiger partial charge in [0.15, 0.2) is 6.20 Å². The van der Waals surface area contributed by atoms with E-state index in [4.69, 9.17) is 14.2 Å². The van der Waals surface area contributed by atoms with Gasteiger partial charge in [-0.1, -0.05) is 109 Å². The number of halogens is 1. The summed E-state index contributed by atoms with van der Waals surface area (Å²) >= 11 is 1.69. The number of nitrogens with one attached hydrogen (secondary N) is 1. The Morgan fingerprint density at radius 1 is 0.895 bits per heavy atom. The van der Waals surface area contributed by atoms with E-state index < -0.39 is 12.4 Å². The molecule has 0 saturated heterocycles. The van der Waals surface area contributed by atoms with Crippen molar-refractivity contribution in [2.24, 2.45) is 0 Å². The fourth-order valence-electron chi connectivity index (χ4n) is 4.45. The number of carbonyl (C=O) groups is 1. The third kappa shape index (κ3) is 20.5. The average Bonchev–Trinajstić information content (AvgIpc) is 3.42. The highest BCUT2D eigenvalue weighted by atomic mass is 127. The molecule has 0 aromatic carbocycles. The quantitative estimate of drug-likeness (QED) is 0.0676. The lowest BCUT2D eigenvalue weighted by atomic mass is 10.0. The van der Waals surface area contributed by atoms with Crippen LogP contribution in [0.15, 0.2) is 17.1 Å². The Hall–Kier alpha value is -0.450. The number of hydrogen-bond donors (Lipinski definition) is 1. The Kier molecular flexibility index (Phi) is 26.4. The van der Waals surface area contributed by atoms with Gasteiger partial charge in [-0.05, 0) is 26.2 Å².